The van der Waals surface area contributed by atoms with Crippen LogP contribution in [-0.2, 0) is 14.8 Å². The van der Waals surface area contributed by atoms with Crippen LogP contribution in [0.3, 0.4) is 0 Å². The number of nitrogens with one attached hydrogen (secondary N) is 1. The topological polar surface area (TPSA) is 79.4 Å². The van der Waals surface area contributed by atoms with Crippen LogP contribution in [0.2, 0.25) is 0 Å². The number of nitrogens with zero attached hydrogens (tertiary/aromatic N) is 2. The van der Waals surface area contributed by atoms with Gasteiger partial charge in [0.05, 0.1) is 6.04 Å². The molecule has 0 bridgehead atoms. The highest BCUT2D eigenvalue weighted by molar-refractivity contribution is 7.89. The quantitative estimate of drug-likeness (QED) is 0.675. The fourth-order valence-corrected chi connectivity index (χ4v) is 6.45. The Kier molecular flexibility index (Phi) is 7.58. The first-order valence-corrected chi connectivity index (χ1v) is 13.2. The Morgan fingerprint density at radius 1 is 1.00 bits per heavy atom. The van der Waals surface area contributed by atoms with Crippen LogP contribution in [0.1, 0.15) is 63.0 Å². The van der Waals surface area contributed by atoms with Crippen LogP contribution in [0.15, 0.2) is 59.8 Å². The minimum atomic E-state index is -3.56. The molecule has 1 saturated carbocycles. The first-order valence-electron chi connectivity index (χ1n) is 11.8. The molecule has 1 aromatic carbocycles. The summed E-state index contributed by atoms with van der Waals surface area (Å²) in [4.78, 5) is 17.3. The van der Waals surface area contributed by atoms with Crippen molar-refractivity contribution in [1.82, 2.24) is 14.6 Å². The summed E-state index contributed by atoms with van der Waals surface area (Å²) >= 11 is 0. The molecule has 32 heavy (non-hydrogen) atoms. The average Bonchev–Trinajstić information content (AvgIpc) is 2.85. The summed E-state index contributed by atoms with van der Waals surface area (Å²) < 4.78 is 27.1. The van der Waals surface area contributed by atoms with Gasteiger partial charge in [-0.3, -0.25) is 9.78 Å². The van der Waals surface area contributed by atoms with Crippen LogP contribution < -0.4 is 5.32 Å². The molecule has 4 rings (SSSR count). The molecule has 0 radical (unpaired) electrons. The van der Waals surface area contributed by atoms with E-state index in [1.807, 2.05) is 18.2 Å². The number of amides is 1. The van der Waals surface area contributed by atoms with Gasteiger partial charge in [0.2, 0.25) is 15.9 Å². The number of pyridine rings is 1. The highest BCUT2D eigenvalue weighted by Crippen LogP contribution is 2.32. The van der Waals surface area contributed by atoms with Crippen LogP contribution in [0.5, 0.6) is 0 Å². The predicted octanol–water partition coefficient (Wildman–Crippen LogP) is 4.31. The SMILES string of the molecule is O=C(N[C@H](CC1CCCCC1)c1ccccc1)C1CCN(S(=O)(=O)c2cccnc2)CC1. The average molecular weight is 456 g/mol. The number of benzene rings is 1. The summed E-state index contributed by atoms with van der Waals surface area (Å²) in [6.07, 6.45) is 11.4. The largest absolute Gasteiger partial charge is 0.349 e. The Bertz CT molecular complexity index is 968. The number of sulfonamides is 1. The lowest BCUT2D eigenvalue weighted by Crippen LogP contribution is -2.43. The van der Waals surface area contributed by atoms with Gasteiger partial charge in [-0.1, -0.05) is 62.4 Å². The molecule has 0 unspecified atom stereocenters. The minimum absolute atomic E-state index is 0.0176. The van der Waals surface area contributed by atoms with Crippen LogP contribution in [0, 0.1) is 11.8 Å². The Balaban J connectivity index is 1.38. The van der Waals surface area contributed by atoms with Gasteiger partial charge < -0.3 is 5.32 Å². The Labute approximate surface area is 191 Å². The molecule has 2 heterocycles. The molecule has 1 aliphatic heterocycles. The Morgan fingerprint density at radius 2 is 1.72 bits per heavy atom. The molecule has 1 aliphatic carbocycles. The molecule has 6 nitrogen and oxygen atoms in total. The van der Waals surface area contributed by atoms with Crippen molar-refractivity contribution in [3.8, 4) is 0 Å². The van der Waals surface area contributed by atoms with E-state index in [0.717, 1.165) is 12.0 Å². The fraction of sp³-hybridized carbons (Fsp3) is 0.520. The number of hydrogen-bond acceptors (Lipinski definition) is 4. The van der Waals surface area contributed by atoms with Crippen molar-refractivity contribution < 1.29 is 13.2 Å². The van der Waals surface area contributed by atoms with E-state index in [0.29, 0.717) is 31.8 Å². The number of carbonyl (C=O) groups excluding carboxylic acids is 1. The van der Waals surface area contributed by atoms with Gasteiger partial charge in [-0.2, -0.15) is 4.31 Å². The zero-order chi connectivity index (χ0) is 22.4. The third-order valence-electron chi connectivity index (χ3n) is 6.91. The van der Waals surface area contributed by atoms with Crippen molar-refractivity contribution in [2.24, 2.45) is 11.8 Å². The summed E-state index contributed by atoms with van der Waals surface area (Å²) in [5.41, 5.74) is 1.16. The third kappa shape index (κ3) is 5.56. The maximum Gasteiger partial charge on any atom is 0.244 e. The van der Waals surface area contributed by atoms with Crippen LogP contribution in [0.4, 0.5) is 0 Å². The molecule has 0 spiro atoms. The van der Waals surface area contributed by atoms with Gasteiger partial charge in [0.15, 0.2) is 0 Å². The maximum atomic E-state index is 13.2. The standard InChI is InChI=1S/C25H33N3O3S/c29-25(22-13-16-28(17-14-22)32(30,31)23-12-7-15-26-19-23)27-24(21-10-5-2-6-11-21)18-20-8-3-1-4-9-20/h2,5-7,10-12,15,19-20,22,24H,1,3-4,8-9,13-14,16-18H2,(H,27,29)/t24-/m1/s1. The van der Waals surface area contributed by atoms with E-state index in [2.05, 4.69) is 22.4 Å². The lowest BCUT2D eigenvalue weighted by Gasteiger charge is -2.32. The molecule has 1 saturated heterocycles. The van der Waals surface area contributed by atoms with Gasteiger partial charge in [0, 0.05) is 31.4 Å². The molecule has 172 valence electrons. The van der Waals surface area contributed by atoms with Gasteiger partial charge in [-0.15, -0.1) is 0 Å². The molecule has 1 atom stereocenters. The number of hydrogen-bond donors (Lipinski definition) is 1. The normalized spacial score (nSPS) is 20.0. The van der Waals surface area contributed by atoms with Crippen molar-refractivity contribution in [2.45, 2.75) is 62.3 Å². The van der Waals surface area contributed by atoms with Crippen LogP contribution in [-0.4, -0.2) is 36.7 Å². The molecule has 1 aromatic heterocycles. The van der Waals surface area contributed by atoms with Crippen LogP contribution in [0.25, 0.3) is 0 Å². The van der Waals surface area contributed by atoms with Crippen LogP contribution >= 0.6 is 0 Å². The summed E-state index contributed by atoms with van der Waals surface area (Å²) in [6.45, 7) is 0.710. The van der Waals surface area contributed by atoms with Crippen molar-refractivity contribution in [3.63, 3.8) is 0 Å². The van der Waals surface area contributed by atoms with Crippen molar-refractivity contribution >= 4 is 15.9 Å². The maximum absolute atomic E-state index is 13.2. The van der Waals surface area contributed by atoms with Gasteiger partial charge in [0.25, 0.3) is 0 Å². The second-order valence-corrected chi connectivity index (χ2v) is 11.0. The van der Waals surface area contributed by atoms with E-state index < -0.39 is 10.0 Å². The highest BCUT2D eigenvalue weighted by atomic mass is 32.2. The zero-order valence-electron chi connectivity index (χ0n) is 18.5. The van der Waals surface area contributed by atoms with E-state index in [-0.39, 0.29) is 22.8 Å². The molecule has 2 fully saturated rings. The highest BCUT2D eigenvalue weighted by Gasteiger charge is 2.33. The predicted molar refractivity (Wildman–Crippen MR) is 124 cm³/mol. The first kappa shape index (κ1) is 22.9. The van der Waals surface area contributed by atoms with E-state index >= 15 is 0 Å². The molecule has 7 heteroatoms. The van der Waals surface area contributed by atoms with E-state index in [1.54, 1.807) is 18.3 Å². The molecule has 1 N–H and O–H groups in total. The molecular formula is C25H33N3O3S. The minimum Gasteiger partial charge on any atom is -0.349 e. The van der Waals surface area contributed by atoms with E-state index in [4.69, 9.17) is 0 Å². The van der Waals surface area contributed by atoms with Gasteiger partial charge in [-0.25, -0.2) is 8.42 Å². The lowest BCUT2D eigenvalue weighted by molar-refractivity contribution is -0.127. The van der Waals surface area contributed by atoms with Gasteiger partial charge in [0.1, 0.15) is 4.90 Å². The van der Waals surface area contributed by atoms with Crippen molar-refractivity contribution in [2.75, 3.05) is 13.1 Å². The molecule has 2 aromatic rings. The summed E-state index contributed by atoms with van der Waals surface area (Å²) in [7, 11) is -3.56. The number of piperidine rings is 1. The zero-order valence-corrected chi connectivity index (χ0v) is 19.3. The number of aromatic nitrogens is 1. The number of rotatable bonds is 7. The van der Waals surface area contributed by atoms with Gasteiger partial charge in [-0.05, 0) is 42.9 Å². The van der Waals surface area contributed by atoms with Gasteiger partial charge >= 0.3 is 0 Å². The number of carbonyl (C=O) groups is 1. The second-order valence-electron chi connectivity index (χ2n) is 9.08. The smallest absolute Gasteiger partial charge is 0.244 e. The summed E-state index contributed by atoms with van der Waals surface area (Å²) in [5.74, 6) is 0.543. The lowest BCUT2D eigenvalue weighted by atomic mass is 9.83. The Morgan fingerprint density at radius 3 is 2.38 bits per heavy atom. The second kappa shape index (κ2) is 10.6. The van der Waals surface area contributed by atoms with Crippen molar-refractivity contribution in [3.05, 3.63) is 60.4 Å². The monoisotopic (exact) mass is 455 g/mol. The van der Waals surface area contributed by atoms with Crippen molar-refractivity contribution in [1.29, 1.82) is 0 Å². The Hall–Kier alpha value is -2.25. The van der Waals surface area contributed by atoms with E-state index in [9.17, 15) is 13.2 Å². The fourth-order valence-electron chi connectivity index (χ4n) is 5.02. The molecule has 2 aliphatic rings. The van der Waals surface area contributed by atoms with E-state index in [1.165, 1.54) is 42.6 Å². The third-order valence-corrected chi connectivity index (χ3v) is 8.79. The molecule has 1 amide bonds. The molecular weight excluding hydrogens is 422 g/mol. The first-order chi connectivity index (χ1) is 15.5. The summed E-state index contributed by atoms with van der Waals surface area (Å²) in [6, 6.07) is 13.5. The summed E-state index contributed by atoms with van der Waals surface area (Å²) in [5, 5.41) is 3.32.